The molecule has 0 rings (SSSR count). The van der Waals surface area contributed by atoms with Gasteiger partial charge in [-0.05, 0) is 12.6 Å². The molecule has 0 saturated heterocycles. The fraction of sp³-hybridized carbons (Fsp3) is 1.00. The van der Waals surface area contributed by atoms with Crippen molar-refractivity contribution in [3.63, 3.8) is 0 Å². The molecule has 0 spiro atoms. The van der Waals surface area contributed by atoms with E-state index in [0.29, 0.717) is 6.42 Å². The van der Waals surface area contributed by atoms with Crippen molar-refractivity contribution in [2.24, 2.45) is 0 Å². The molecule has 0 saturated carbocycles. The largest absolute Gasteiger partial charge is 0.799 e. The topological polar surface area (TPSA) is 96.9 Å². The molecule has 0 amide bonds. The fourth-order valence-corrected chi connectivity index (χ4v) is 1.84. The Bertz CT molecular complexity index is 165. The zero-order valence-corrected chi connectivity index (χ0v) is 9.23. The Balaban J connectivity index is 0. The van der Waals surface area contributed by atoms with E-state index < -0.39 is 12.5 Å². The highest BCUT2D eigenvalue weighted by atomic mass is 31.2. The molecular formula is C7H20NO3P. The summed E-state index contributed by atoms with van der Waals surface area (Å²) < 4.78 is 11.3. The molecule has 76 valence electrons. The molecule has 0 aromatic heterocycles. The second-order valence-electron chi connectivity index (χ2n) is 3.65. The predicted octanol–water partition coefficient (Wildman–Crippen LogP) is 1.18. The van der Waals surface area contributed by atoms with E-state index in [-0.39, 0.29) is 18.9 Å². The van der Waals surface area contributed by atoms with Gasteiger partial charge in [-0.1, -0.05) is 20.8 Å². The van der Waals surface area contributed by atoms with Crippen LogP contribution in [0.1, 0.15) is 27.2 Å². The molecule has 0 aliphatic carbocycles. The van der Waals surface area contributed by atoms with E-state index in [0.717, 1.165) is 0 Å². The average molecular weight is 197 g/mol. The SMILES string of the molecule is CC(C)(C)P(=O)([O-])CCCO.[NH4+]. The number of quaternary nitrogens is 1. The van der Waals surface area contributed by atoms with Gasteiger partial charge in [0.05, 0.1) is 0 Å². The molecule has 0 heterocycles. The maximum atomic E-state index is 11.3. The van der Waals surface area contributed by atoms with Crippen LogP contribution >= 0.6 is 7.37 Å². The lowest BCUT2D eigenvalue weighted by molar-refractivity contribution is -0.179. The van der Waals surface area contributed by atoms with Crippen LogP contribution in [0.3, 0.4) is 0 Å². The van der Waals surface area contributed by atoms with Crippen LogP contribution in [-0.2, 0) is 4.57 Å². The first-order valence-electron chi connectivity index (χ1n) is 3.72. The van der Waals surface area contributed by atoms with Crippen molar-refractivity contribution in [3.05, 3.63) is 0 Å². The molecule has 4 nitrogen and oxygen atoms in total. The van der Waals surface area contributed by atoms with Gasteiger partial charge in [-0.25, -0.2) is 0 Å². The first kappa shape index (κ1) is 14.6. The van der Waals surface area contributed by atoms with Crippen molar-refractivity contribution >= 4 is 7.37 Å². The van der Waals surface area contributed by atoms with Gasteiger partial charge in [0.2, 0.25) is 0 Å². The Kier molecular flexibility index (Phi) is 6.06. The number of hydrogen-bond acceptors (Lipinski definition) is 3. The van der Waals surface area contributed by atoms with Crippen LogP contribution in [0, 0.1) is 0 Å². The van der Waals surface area contributed by atoms with Gasteiger partial charge in [0.25, 0.3) is 0 Å². The normalized spacial score (nSPS) is 16.4. The van der Waals surface area contributed by atoms with Gasteiger partial charge < -0.3 is 20.7 Å². The van der Waals surface area contributed by atoms with Gasteiger partial charge >= 0.3 is 0 Å². The Morgan fingerprint density at radius 2 is 1.83 bits per heavy atom. The summed E-state index contributed by atoms with van der Waals surface area (Å²) in [5.74, 6) is 0. The monoisotopic (exact) mass is 197 g/mol. The summed E-state index contributed by atoms with van der Waals surface area (Å²) in [7, 11) is -3.30. The van der Waals surface area contributed by atoms with Crippen LogP contribution in [0.2, 0.25) is 0 Å². The lowest BCUT2D eigenvalue weighted by Crippen LogP contribution is -2.25. The van der Waals surface area contributed by atoms with Crippen LogP contribution in [0.25, 0.3) is 0 Å². The van der Waals surface area contributed by atoms with Crippen molar-refractivity contribution in [2.75, 3.05) is 12.8 Å². The third kappa shape index (κ3) is 4.21. The van der Waals surface area contributed by atoms with Crippen molar-refractivity contribution in [1.29, 1.82) is 0 Å². The molecule has 0 aromatic rings. The third-order valence-electron chi connectivity index (χ3n) is 1.63. The molecule has 0 aliphatic rings. The van der Waals surface area contributed by atoms with Gasteiger partial charge in [-0.2, -0.15) is 0 Å². The minimum atomic E-state index is -3.30. The summed E-state index contributed by atoms with van der Waals surface area (Å²) in [6, 6.07) is 0. The number of rotatable bonds is 3. The van der Waals surface area contributed by atoms with Crippen LogP contribution in [0.4, 0.5) is 0 Å². The van der Waals surface area contributed by atoms with Crippen molar-refractivity contribution in [3.8, 4) is 0 Å². The highest BCUT2D eigenvalue weighted by Crippen LogP contribution is 2.49. The smallest absolute Gasteiger partial charge is 0.0435 e. The first-order chi connectivity index (χ1) is 4.81. The lowest BCUT2D eigenvalue weighted by Gasteiger charge is -2.36. The highest BCUT2D eigenvalue weighted by Gasteiger charge is 2.24. The Hall–Kier alpha value is 0.110. The van der Waals surface area contributed by atoms with E-state index in [4.69, 9.17) is 5.11 Å². The third-order valence-corrected chi connectivity index (χ3v) is 4.58. The van der Waals surface area contributed by atoms with Crippen molar-refractivity contribution in [1.82, 2.24) is 6.15 Å². The summed E-state index contributed by atoms with van der Waals surface area (Å²) >= 11 is 0. The van der Waals surface area contributed by atoms with Crippen LogP contribution in [-0.4, -0.2) is 23.0 Å². The standard InChI is InChI=1S/C7H17O3P.H3N/c1-7(2,3)11(9,10)6-4-5-8;/h8H,4-6H2,1-3H3,(H,9,10);1H3. The fourth-order valence-electron chi connectivity index (χ4n) is 0.614. The molecule has 0 aliphatic heterocycles. The van der Waals surface area contributed by atoms with E-state index in [2.05, 4.69) is 0 Å². The molecular weight excluding hydrogens is 177 g/mol. The maximum absolute atomic E-state index is 11.3. The zero-order valence-electron chi connectivity index (χ0n) is 8.33. The number of hydrogen-bond donors (Lipinski definition) is 2. The molecule has 5 heteroatoms. The van der Waals surface area contributed by atoms with E-state index in [9.17, 15) is 9.46 Å². The second kappa shape index (κ2) is 4.97. The zero-order chi connectivity index (χ0) is 9.12. The summed E-state index contributed by atoms with van der Waals surface area (Å²) in [6.45, 7) is 4.98. The van der Waals surface area contributed by atoms with Gasteiger partial charge in [0.15, 0.2) is 0 Å². The Morgan fingerprint density at radius 3 is 2.08 bits per heavy atom. The Labute approximate surface area is 74.0 Å². The van der Waals surface area contributed by atoms with E-state index in [1.807, 2.05) is 0 Å². The predicted molar refractivity (Wildman–Crippen MR) is 49.9 cm³/mol. The van der Waals surface area contributed by atoms with Gasteiger partial charge in [0, 0.05) is 19.1 Å². The van der Waals surface area contributed by atoms with Crippen LogP contribution < -0.4 is 11.0 Å². The summed E-state index contributed by atoms with van der Waals surface area (Å²) in [5, 5.41) is 7.77. The minimum absolute atomic E-state index is 0. The van der Waals surface area contributed by atoms with Crippen molar-refractivity contribution < 1.29 is 14.6 Å². The summed E-state index contributed by atoms with van der Waals surface area (Å²) in [5.41, 5.74) is 0. The van der Waals surface area contributed by atoms with E-state index in [1.54, 1.807) is 20.8 Å². The minimum Gasteiger partial charge on any atom is -0.799 e. The summed E-state index contributed by atoms with van der Waals surface area (Å²) in [6.07, 6.45) is 0.449. The van der Waals surface area contributed by atoms with Crippen LogP contribution in [0.15, 0.2) is 0 Å². The van der Waals surface area contributed by atoms with Crippen LogP contribution in [0.5, 0.6) is 0 Å². The molecule has 12 heavy (non-hydrogen) atoms. The average Bonchev–Trinajstić information content (AvgIpc) is 1.81. The van der Waals surface area contributed by atoms with Gasteiger partial charge in [-0.3, -0.25) is 0 Å². The lowest BCUT2D eigenvalue weighted by atomic mass is 10.3. The Morgan fingerprint density at radius 1 is 1.42 bits per heavy atom. The van der Waals surface area contributed by atoms with Crippen molar-refractivity contribution in [2.45, 2.75) is 32.3 Å². The molecule has 5 N–H and O–H groups in total. The molecule has 1 unspecified atom stereocenters. The van der Waals surface area contributed by atoms with E-state index in [1.165, 1.54) is 0 Å². The van der Waals surface area contributed by atoms with Gasteiger partial charge in [0.1, 0.15) is 0 Å². The summed E-state index contributed by atoms with van der Waals surface area (Å²) in [4.78, 5) is 11.3. The number of aliphatic hydroxyl groups is 1. The molecule has 0 fully saturated rings. The molecule has 1 atom stereocenters. The van der Waals surface area contributed by atoms with Gasteiger partial charge in [-0.15, -0.1) is 0 Å². The maximum Gasteiger partial charge on any atom is 0.0435 e. The highest BCUT2D eigenvalue weighted by molar-refractivity contribution is 7.58. The molecule has 0 bridgehead atoms. The molecule has 0 aromatic carbocycles. The number of aliphatic hydroxyl groups excluding tert-OH is 1. The molecule has 0 radical (unpaired) electrons. The van der Waals surface area contributed by atoms with E-state index >= 15 is 0 Å². The second-order valence-corrected chi connectivity index (χ2v) is 6.78. The quantitative estimate of drug-likeness (QED) is 0.665. The first-order valence-corrected chi connectivity index (χ1v) is 5.53.